The minimum Gasteiger partial charge on any atom is -0.397 e. The first kappa shape index (κ1) is 10.7. The Hall–Kier alpha value is -1.83. The second kappa shape index (κ2) is 4.79. The fourth-order valence-corrected chi connectivity index (χ4v) is 1.78. The molecule has 1 heterocycles. The molecule has 0 amide bonds. The van der Waals surface area contributed by atoms with Gasteiger partial charge in [0.15, 0.2) is 0 Å². The Morgan fingerprint density at radius 1 is 1.12 bits per heavy atom. The molecule has 0 unspecified atom stereocenters. The van der Waals surface area contributed by atoms with Gasteiger partial charge in [0, 0.05) is 11.8 Å². The molecule has 0 atom stereocenters. The molecule has 2 aromatic rings. The van der Waals surface area contributed by atoms with E-state index in [4.69, 9.17) is 5.73 Å². The fourth-order valence-electron chi connectivity index (χ4n) is 1.78. The van der Waals surface area contributed by atoms with Crippen LogP contribution in [-0.4, -0.2) is 4.98 Å². The van der Waals surface area contributed by atoms with Gasteiger partial charge in [0.25, 0.3) is 0 Å². The number of anilines is 1. The second-order valence-corrected chi connectivity index (χ2v) is 3.89. The van der Waals surface area contributed by atoms with Crippen molar-refractivity contribution in [3.05, 3.63) is 48.2 Å². The number of nitrogen functional groups attached to an aromatic ring is 1. The van der Waals surface area contributed by atoms with Gasteiger partial charge in [-0.2, -0.15) is 0 Å². The summed E-state index contributed by atoms with van der Waals surface area (Å²) < 4.78 is 0. The maximum Gasteiger partial charge on any atom is 0.0931 e. The summed E-state index contributed by atoms with van der Waals surface area (Å²) in [5.41, 5.74) is 9.92. The minimum absolute atomic E-state index is 0.728. The Balaban J connectivity index is 2.31. The first-order valence-electron chi connectivity index (χ1n) is 5.61. The number of rotatable bonds is 3. The number of hydrogen-bond acceptors (Lipinski definition) is 2. The summed E-state index contributed by atoms with van der Waals surface area (Å²) in [6.45, 7) is 2.19. The highest BCUT2D eigenvalue weighted by molar-refractivity contribution is 5.72. The molecule has 0 aliphatic heterocycles. The van der Waals surface area contributed by atoms with Gasteiger partial charge in [-0.25, -0.2) is 0 Å². The van der Waals surface area contributed by atoms with Gasteiger partial charge in [-0.05, 0) is 24.1 Å². The van der Waals surface area contributed by atoms with Crippen LogP contribution in [0, 0.1) is 0 Å². The van der Waals surface area contributed by atoms with Crippen LogP contribution < -0.4 is 5.73 Å². The van der Waals surface area contributed by atoms with Crippen molar-refractivity contribution in [1.82, 2.24) is 4.98 Å². The van der Waals surface area contributed by atoms with E-state index in [0.717, 1.165) is 23.4 Å². The predicted molar refractivity (Wildman–Crippen MR) is 68.1 cm³/mol. The monoisotopic (exact) mass is 212 g/mol. The smallest absolute Gasteiger partial charge is 0.0931 e. The summed E-state index contributed by atoms with van der Waals surface area (Å²) in [5, 5.41) is 0. The van der Waals surface area contributed by atoms with Crippen LogP contribution in [0.2, 0.25) is 0 Å². The third-order valence-corrected chi connectivity index (χ3v) is 2.60. The lowest BCUT2D eigenvalue weighted by molar-refractivity contribution is 0.922. The number of aromatic nitrogens is 1. The highest BCUT2D eigenvalue weighted by atomic mass is 14.7. The molecule has 16 heavy (non-hydrogen) atoms. The van der Waals surface area contributed by atoms with Gasteiger partial charge in [0.1, 0.15) is 0 Å². The third kappa shape index (κ3) is 2.22. The Morgan fingerprint density at radius 2 is 1.88 bits per heavy atom. The quantitative estimate of drug-likeness (QED) is 0.848. The van der Waals surface area contributed by atoms with E-state index in [9.17, 15) is 0 Å². The standard InChI is InChI=1S/C14H16N2/c1-2-4-11-6-8-12(9-7-11)14-13(15)5-3-10-16-14/h3,5-10H,2,4,15H2,1H3. The Kier molecular flexibility index (Phi) is 3.20. The molecule has 0 spiro atoms. The number of pyridine rings is 1. The summed E-state index contributed by atoms with van der Waals surface area (Å²) in [5.74, 6) is 0. The summed E-state index contributed by atoms with van der Waals surface area (Å²) in [7, 11) is 0. The lowest BCUT2D eigenvalue weighted by Gasteiger charge is -2.05. The molecule has 0 saturated heterocycles. The molecule has 82 valence electrons. The van der Waals surface area contributed by atoms with Crippen molar-refractivity contribution in [3.63, 3.8) is 0 Å². The third-order valence-electron chi connectivity index (χ3n) is 2.60. The van der Waals surface area contributed by atoms with E-state index in [1.165, 1.54) is 12.0 Å². The van der Waals surface area contributed by atoms with Crippen molar-refractivity contribution in [2.75, 3.05) is 5.73 Å². The average Bonchev–Trinajstić information content (AvgIpc) is 2.31. The first-order valence-corrected chi connectivity index (χ1v) is 5.61. The molecule has 0 bridgehead atoms. The largest absolute Gasteiger partial charge is 0.397 e. The van der Waals surface area contributed by atoms with Gasteiger partial charge in [-0.3, -0.25) is 4.98 Å². The maximum atomic E-state index is 5.89. The van der Waals surface area contributed by atoms with Crippen LogP contribution in [0.5, 0.6) is 0 Å². The van der Waals surface area contributed by atoms with Gasteiger partial charge < -0.3 is 5.73 Å². The van der Waals surface area contributed by atoms with E-state index in [-0.39, 0.29) is 0 Å². The van der Waals surface area contributed by atoms with Crippen LogP contribution in [-0.2, 0) is 6.42 Å². The summed E-state index contributed by atoms with van der Waals surface area (Å²) in [6.07, 6.45) is 4.06. The van der Waals surface area contributed by atoms with E-state index in [0.29, 0.717) is 0 Å². The van der Waals surface area contributed by atoms with E-state index >= 15 is 0 Å². The van der Waals surface area contributed by atoms with Crippen molar-refractivity contribution in [3.8, 4) is 11.3 Å². The SMILES string of the molecule is CCCc1ccc(-c2ncccc2N)cc1. The van der Waals surface area contributed by atoms with Gasteiger partial charge in [0.05, 0.1) is 11.4 Å². The summed E-state index contributed by atoms with van der Waals surface area (Å²) in [6, 6.07) is 12.2. The second-order valence-electron chi connectivity index (χ2n) is 3.89. The molecule has 0 fully saturated rings. The average molecular weight is 212 g/mol. The van der Waals surface area contributed by atoms with Gasteiger partial charge in [0.2, 0.25) is 0 Å². The van der Waals surface area contributed by atoms with E-state index in [1.807, 2.05) is 12.1 Å². The lowest BCUT2D eigenvalue weighted by atomic mass is 10.0. The molecule has 2 heteroatoms. The number of hydrogen-bond donors (Lipinski definition) is 1. The number of aryl methyl sites for hydroxylation is 1. The first-order chi connectivity index (χ1) is 7.81. The van der Waals surface area contributed by atoms with Crippen molar-refractivity contribution >= 4 is 5.69 Å². The molecule has 0 radical (unpaired) electrons. The van der Waals surface area contributed by atoms with Crippen molar-refractivity contribution in [2.24, 2.45) is 0 Å². The highest BCUT2D eigenvalue weighted by Gasteiger charge is 2.02. The molecule has 2 nitrogen and oxygen atoms in total. The van der Waals surface area contributed by atoms with E-state index in [2.05, 4.69) is 36.2 Å². The zero-order valence-electron chi connectivity index (χ0n) is 9.48. The fraction of sp³-hybridized carbons (Fsp3) is 0.214. The molecule has 0 aliphatic carbocycles. The molecule has 0 saturated carbocycles. The molecule has 2 rings (SSSR count). The van der Waals surface area contributed by atoms with Gasteiger partial charge in [-0.1, -0.05) is 37.6 Å². The van der Waals surface area contributed by atoms with Gasteiger partial charge in [-0.15, -0.1) is 0 Å². The molecule has 1 aromatic carbocycles. The van der Waals surface area contributed by atoms with Crippen LogP contribution in [0.3, 0.4) is 0 Å². The molecule has 2 N–H and O–H groups in total. The molecule has 1 aromatic heterocycles. The van der Waals surface area contributed by atoms with Crippen molar-refractivity contribution in [1.29, 1.82) is 0 Å². The predicted octanol–water partition coefficient (Wildman–Crippen LogP) is 3.28. The van der Waals surface area contributed by atoms with Crippen molar-refractivity contribution < 1.29 is 0 Å². The molecule has 0 aliphatic rings. The van der Waals surface area contributed by atoms with Crippen LogP contribution in [0.15, 0.2) is 42.6 Å². The number of nitrogens with zero attached hydrogens (tertiary/aromatic N) is 1. The van der Waals surface area contributed by atoms with Crippen LogP contribution in [0.4, 0.5) is 5.69 Å². The van der Waals surface area contributed by atoms with Crippen LogP contribution >= 0.6 is 0 Å². The Bertz CT molecular complexity index is 460. The highest BCUT2D eigenvalue weighted by Crippen LogP contribution is 2.23. The molecular weight excluding hydrogens is 196 g/mol. The summed E-state index contributed by atoms with van der Waals surface area (Å²) >= 11 is 0. The normalized spacial score (nSPS) is 10.3. The zero-order chi connectivity index (χ0) is 11.4. The molecular formula is C14H16N2. The van der Waals surface area contributed by atoms with Crippen molar-refractivity contribution in [2.45, 2.75) is 19.8 Å². The Labute approximate surface area is 96.1 Å². The Morgan fingerprint density at radius 3 is 2.50 bits per heavy atom. The zero-order valence-corrected chi connectivity index (χ0v) is 9.48. The van der Waals surface area contributed by atoms with Gasteiger partial charge >= 0.3 is 0 Å². The van der Waals surface area contributed by atoms with E-state index in [1.54, 1.807) is 6.20 Å². The minimum atomic E-state index is 0.728. The lowest BCUT2D eigenvalue weighted by Crippen LogP contribution is -1.92. The topological polar surface area (TPSA) is 38.9 Å². The summed E-state index contributed by atoms with van der Waals surface area (Å²) in [4.78, 5) is 4.30. The van der Waals surface area contributed by atoms with E-state index < -0.39 is 0 Å². The number of benzene rings is 1. The van der Waals surface area contributed by atoms with Crippen LogP contribution in [0.25, 0.3) is 11.3 Å². The maximum absolute atomic E-state index is 5.89. The van der Waals surface area contributed by atoms with Crippen LogP contribution in [0.1, 0.15) is 18.9 Å². The number of nitrogens with two attached hydrogens (primary N) is 1.